The van der Waals surface area contributed by atoms with Crippen LogP contribution in [0.2, 0.25) is 0 Å². The van der Waals surface area contributed by atoms with Crippen LogP contribution in [0, 0.1) is 6.92 Å². The average molecular weight is 276 g/mol. The number of rotatable bonds is 3. The van der Waals surface area contributed by atoms with Crippen molar-refractivity contribution in [2.24, 2.45) is 0 Å². The van der Waals surface area contributed by atoms with Crippen LogP contribution in [-0.4, -0.2) is 48.8 Å². The van der Waals surface area contributed by atoms with E-state index in [2.05, 4.69) is 20.2 Å². The van der Waals surface area contributed by atoms with E-state index in [9.17, 15) is 4.79 Å². The number of carbonyl (C=O) groups is 1. The summed E-state index contributed by atoms with van der Waals surface area (Å²) in [5.41, 5.74) is 0. The highest BCUT2D eigenvalue weighted by molar-refractivity contribution is 5.75. The summed E-state index contributed by atoms with van der Waals surface area (Å²) in [6.07, 6.45) is 4.68. The molecule has 3 heterocycles. The molecule has 0 N–H and O–H groups in total. The first-order valence-electron chi connectivity index (χ1n) is 6.63. The molecule has 106 valence electrons. The van der Waals surface area contributed by atoms with Gasteiger partial charge in [-0.25, -0.2) is 9.67 Å². The molecule has 8 nitrogen and oxygen atoms in total. The summed E-state index contributed by atoms with van der Waals surface area (Å²) >= 11 is 0. The molecule has 1 fully saturated rings. The molecule has 2 aromatic heterocycles. The molecule has 0 aliphatic carbocycles. The summed E-state index contributed by atoms with van der Waals surface area (Å²) < 4.78 is 6.74. The SMILES string of the molecule is Cc1noc(C2CCN(C(=O)Cn3cncn3)CC2)n1. The predicted octanol–water partition coefficient (Wildman–Crippen LogP) is 0.376. The lowest BCUT2D eigenvalue weighted by Gasteiger charge is -2.30. The highest BCUT2D eigenvalue weighted by Crippen LogP contribution is 2.26. The normalized spacial score (nSPS) is 16.6. The van der Waals surface area contributed by atoms with Crippen molar-refractivity contribution in [3.05, 3.63) is 24.4 Å². The number of likely N-dealkylation sites (tertiary alicyclic amines) is 1. The Hall–Kier alpha value is -2.25. The number of nitrogens with zero attached hydrogens (tertiary/aromatic N) is 6. The smallest absolute Gasteiger partial charge is 0.244 e. The number of aromatic nitrogens is 5. The first kappa shape index (κ1) is 12.8. The Morgan fingerprint density at radius 3 is 2.85 bits per heavy atom. The van der Waals surface area contributed by atoms with E-state index >= 15 is 0 Å². The zero-order valence-electron chi connectivity index (χ0n) is 11.3. The molecule has 1 saturated heterocycles. The van der Waals surface area contributed by atoms with Gasteiger partial charge in [-0.2, -0.15) is 10.1 Å². The molecule has 8 heteroatoms. The van der Waals surface area contributed by atoms with E-state index in [0.717, 1.165) is 12.8 Å². The zero-order valence-corrected chi connectivity index (χ0v) is 11.3. The Morgan fingerprint density at radius 2 is 2.25 bits per heavy atom. The zero-order chi connectivity index (χ0) is 13.9. The number of hydrogen-bond acceptors (Lipinski definition) is 6. The van der Waals surface area contributed by atoms with Crippen molar-refractivity contribution in [2.75, 3.05) is 13.1 Å². The van der Waals surface area contributed by atoms with E-state index in [-0.39, 0.29) is 18.4 Å². The van der Waals surface area contributed by atoms with Crippen molar-refractivity contribution in [1.29, 1.82) is 0 Å². The fraction of sp³-hybridized carbons (Fsp3) is 0.583. The van der Waals surface area contributed by atoms with Gasteiger partial charge in [0, 0.05) is 19.0 Å². The second-order valence-electron chi connectivity index (χ2n) is 4.93. The number of carbonyl (C=O) groups excluding carboxylic acids is 1. The molecule has 20 heavy (non-hydrogen) atoms. The number of aryl methyl sites for hydroxylation is 1. The molecule has 0 radical (unpaired) electrons. The lowest BCUT2D eigenvalue weighted by Crippen LogP contribution is -2.39. The van der Waals surface area contributed by atoms with E-state index in [1.54, 1.807) is 6.33 Å². The minimum absolute atomic E-state index is 0.0654. The highest BCUT2D eigenvalue weighted by Gasteiger charge is 2.27. The quantitative estimate of drug-likeness (QED) is 0.804. The second-order valence-corrected chi connectivity index (χ2v) is 4.93. The van der Waals surface area contributed by atoms with Crippen LogP contribution in [0.25, 0.3) is 0 Å². The Morgan fingerprint density at radius 1 is 1.45 bits per heavy atom. The van der Waals surface area contributed by atoms with Gasteiger partial charge in [0.2, 0.25) is 11.8 Å². The Bertz CT molecular complexity index is 571. The molecular weight excluding hydrogens is 260 g/mol. The second kappa shape index (κ2) is 5.40. The van der Waals surface area contributed by atoms with E-state index < -0.39 is 0 Å². The molecule has 0 spiro atoms. The van der Waals surface area contributed by atoms with Crippen LogP contribution in [-0.2, 0) is 11.3 Å². The van der Waals surface area contributed by atoms with Crippen molar-refractivity contribution in [1.82, 2.24) is 29.8 Å². The largest absolute Gasteiger partial charge is 0.341 e. The van der Waals surface area contributed by atoms with Crippen LogP contribution in [0.5, 0.6) is 0 Å². The average Bonchev–Trinajstić information content (AvgIpc) is 3.10. The maximum atomic E-state index is 12.1. The molecule has 3 rings (SSSR count). The van der Waals surface area contributed by atoms with Crippen LogP contribution in [0.15, 0.2) is 17.2 Å². The van der Waals surface area contributed by atoms with E-state index in [1.807, 2.05) is 11.8 Å². The third-order valence-electron chi connectivity index (χ3n) is 3.50. The van der Waals surface area contributed by atoms with Crippen molar-refractivity contribution in [2.45, 2.75) is 32.2 Å². The standard InChI is InChI=1S/C12H16N6O2/c1-9-15-12(20-16-9)10-2-4-17(5-3-10)11(19)6-18-8-13-7-14-18/h7-8,10H,2-6H2,1H3. The van der Waals surface area contributed by atoms with Gasteiger partial charge in [-0.15, -0.1) is 0 Å². The molecule has 0 unspecified atom stereocenters. The fourth-order valence-corrected chi connectivity index (χ4v) is 2.41. The molecule has 0 atom stereocenters. The third kappa shape index (κ3) is 2.68. The highest BCUT2D eigenvalue weighted by atomic mass is 16.5. The van der Waals surface area contributed by atoms with Crippen LogP contribution in [0.4, 0.5) is 0 Å². The van der Waals surface area contributed by atoms with Gasteiger partial charge in [0.1, 0.15) is 19.2 Å². The molecule has 0 bridgehead atoms. The van der Waals surface area contributed by atoms with Gasteiger partial charge in [-0.1, -0.05) is 5.16 Å². The molecule has 0 aromatic carbocycles. The van der Waals surface area contributed by atoms with Gasteiger partial charge in [0.05, 0.1) is 0 Å². The molecular formula is C12H16N6O2. The molecule has 1 aliphatic heterocycles. The summed E-state index contributed by atoms with van der Waals surface area (Å²) in [5, 5.41) is 7.75. The lowest BCUT2D eigenvalue weighted by atomic mass is 9.97. The molecule has 0 saturated carbocycles. The molecule has 1 amide bonds. The molecule has 2 aromatic rings. The number of piperidine rings is 1. The number of hydrogen-bond donors (Lipinski definition) is 0. The summed E-state index contributed by atoms with van der Waals surface area (Å²) in [7, 11) is 0. The van der Waals surface area contributed by atoms with Crippen molar-refractivity contribution < 1.29 is 9.32 Å². The minimum atomic E-state index is 0.0654. The maximum Gasteiger partial charge on any atom is 0.244 e. The summed E-state index contributed by atoms with van der Waals surface area (Å²) in [4.78, 5) is 22.0. The van der Waals surface area contributed by atoms with Crippen molar-refractivity contribution in [3.8, 4) is 0 Å². The fourth-order valence-electron chi connectivity index (χ4n) is 2.41. The number of amides is 1. The minimum Gasteiger partial charge on any atom is -0.341 e. The first-order chi connectivity index (χ1) is 9.72. The van der Waals surface area contributed by atoms with Crippen molar-refractivity contribution >= 4 is 5.91 Å². The Balaban J connectivity index is 1.54. The Kier molecular flexibility index (Phi) is 3.44. The van der Waals surface area contributed by atoms with Gasteiger partial charge in [-0.3, -0.25) is 4.79 Å². The van der Waals surface area contributed by atoms with E-state index in [0.29, 0.717) is 24.8 Å². The van der Waals surface area contributed by atoms with Gasteiger partial charge < -0.3 is 9.42 Å². The predicted molar refractivity (Wildman–Crippen MR) is 67.6 cm³/mol. The summed E-state index contributed by atoms with van der Waals surface area (Å²) in [6.45, 7) is 3.47. The van der Waals surface area contributed by atoms with E-state index in [4.69, 9.17) is 4.52 Å². The summed E-state index contributed by atoms with van der Waals surface area (Å²) in [6, 6.07) is 0. The van der Waals surface area contributed by atoms with Gasteiger partial charge >= 0.3 is 0 Å². The first-order valence-corrected chi connectivity index (χ1v) is 6.63. The maximum absolute atomic E-state index is 12.1. The van der Waals surface area contributed by atoms with Gasteiger partial charge in [0.25, 0.3) is 0 Å². The van der Waals surface area contributed by atoms with Crippen LogP contribution < -0.4 is 0 Å². The molecule has 1 aliphatic rings. The third-order valence-corrected chi connectivity index (χ3v) is 3.50. The van der Waals surface area contributed by atoms with Crippen molar-refractivity contribution in [3.63, 3.8) is 0 Å². The summed E-state index contributed by atoms with van der Waals surface area (Å²) in [5.74, 6) is 1.66. The van der Waals surface area contributed by atoms with Crippen LogP contribution in [0.3, 0.4) is 0 Å². The topological polar surface area (TPSA) is 89.9 Å². The Labute approximate surface area is 115 Å². The van der Waals surface area contributed by atoms with E-state index in [1.165, 1.54) is 11.0 Å². The lowest BCUT2D eigenvalue weighted by molar-refractivity contribution is -0.133. The van der Waals surface area contributed by atoms with Gasteiger partial charge in [-0.05, 0) is 19.8 Å². The van der Waals surface area contributed by atoms with Crippen LogP contribution in [0.1, 0.15) is 30.5 Å². The van der Waals surface area contributed by atoms with Crippen LogP contribution >= 0.6 is 0 Å². The van der Waals surface area contributed by atoms with Gasteiger partial charge in [0.15, 0.2) is 5.82 Å². The monoisotopic (exact) mass is 276 g/mol.